The minimum atomic E-state index is -0.132. The number of hydrogen-bond acceptors (Lipinski definition) is 6. The highest BCUT2D eigenvalue weighted by Crippen LogP contribution is 2.35. The molecule has 6 nitrogen and oxygen atoms in total. The number of ether oxygens (including phenoxy) is 1. The molecule has 0 radical (unpaired) electrons. The van der Waals surface area contributed by atoms with E-state index in [2.05, 4.69) is 15.3 Å². The van der Waals surface area contributed by atoms with Gasteiger partial charge in [-0.25, -0.2) is 5.10 Å². The van der Waals surface area contributed by atoms with Crippen LogP contribution in [0.25, 0.3) is 10.7 Å². The Balaban J connectivity index is 2.00. The van der Waals surface area contributed by atoms with Crippen LogP contribution in [0.2, 0.25) is 5.02 Å². The number of rotatable bonds is 4. The smallest absolute Gasteiger partial charge is 0.216 e. The van der Waals surface area contributed by atoms with Crippen molar-refractivity contribution in [1.29, 1.82) is 0 Å². The summed E-state index contributed by atoms with van der Waals surface area (Å²) in [5.74, 6) is 0.772. The van der Waals surface area contributed by atoms with E-state index in [-0.39, 0.29) is 10.8 Å². The van der Waals surface area contributed by atoms with Gasteiger partial charge in [-0.15, -0.1) is 11.3 Å². The topological polar surface area (TPSA) is 75.4 Å². The summed E-state index contributed by atoms with van der Waals surface area (Å²) < 4.78 is 6.86. The van der Waals surface area contributed by atoms with Gasteiger partial charge in [0.25, 0.3) is 0 Å². The summed E-state index contributed by atoms with van der Waals surface area (Å²) in [5, 5.41) is 23.2. The fraction of sp³-hybridized carbons (Fsp3) is 0.0714. The zero-order valence-corrected chi connectivity index (χ0v) is 14.2. The van der Waals surface area contributed by atoms with Crippen LogP contribution in [0.4, 0.5) is 0 Å². The molecule has 0 amide bonds. The second kappa shape index (κ2) is 6.53. The van der Waals surface area contributed by atoms with Crippen LogP contribution in [-0.2, 0) is 0 Å². The van der Waals surface area contributed by atoms with Crippen molar-refractivity contribution < 1.29 is 9.84 Å². The summed E-state index contributed by atoms with van der Waals surface area (Å²) in [5.41, 5.74) is 0.533. The number of aromatic amines is 1. The van der Waals surface area contributed by atoms with Gasteiger partial charge in [0.1, 0.15) is 0 Å². The van der Waals surface area contributed by atoms with Gasteiger partial charge in [-0.05, 0) is 35.8 Å². The minimum absolute atomic E-state index is 0.132. The molecular weight excluding hydrogens is 356 g/mol. The molecule has 0 bridgehead atoms. The van der Waals surface area contributed by atoms with E-state index in [0.717, 1.165) is 4.88 Å². The molecule has 1 aromatic carbocycles. The second-order valence-corrected chi connectivity index (χ2v) is 6.12. The van der Waals surface area contributed by atoms with E-state index in [9.17, 15) is 5.11 Å². The lowest BCUT2D eigenvalue weighted by Gasteiger charge is -2.06. The Hall–Kier alpha value is -2.16. The van der Waals surface area contributed by atoms with E-state index >= 15 is 0 Å². The van der Waals surface area contributed by atoms with Gasteiger partial charge < -0.3 is 9.84 Å². The fourth-order valence-corrected chi connectivity index (χ4v) is 2.99. The van der Waals surface area contributed by atoms with Crippen LogP contribution in [0.5, 0.6) is 11.5 Å². The van der Waals surface area contributed by atoms with Gasteiger partial charge in [0.2, 0.25) is 4.77 Å². The SMILES string of the molecule is COc1ccc(/C=N\n2c(-c3cccs3)n[nH]c2=S)c(Cl)c1O. The predicted octanol–water partition coefficient (Wildman–Crippen LogP) is 3.92. The molecule has 0 saturated heterocycles. The molecule has 0 atom stereocenters. The molecule has 3 aromatic rings. The number of benzene rings is 1. The maximum atomic E-state index is 9.93. The molecule has 0 spiro atoms. The molecule has 9 heteroatoms. The Kier molecular flexibility index (Phi) is 4.46. The summed E-state index contributed by atoms with van der Waals surface area (Å²) in [6.45, 7) is 0. The van der Waals surface area contributed by atoms with E-state index < -0.39 is 0 Å². The Bertz CT molecular complexity index is 916. The van der Waals surface area contributed by atoms with Gasteiger partial charge in [0, 0.05) is 5.56 Å². The number of aromatic nitrogens is 3. The molecule has 0 fully saturated rings. The van der Waals surface area contributed by atoms with E-state index in [1.54, 1.807) is 12.1 Å². The molecule has 0 aliphatic heterocycles. The van der Waals surface area contributed by atoms with Gasteiger partial charge in [-0.3, -0.25) is 0 Å². The average molecular weight is 367 g/mol. The highest BCUT2D eigenvalue weighted by Gasteiger charge is 2.11. The van der Waals surface area contributed by atoms with Gasteiger partial charge in [0.05, 0.1) is 23.2 Å². The summed E-state index contributed by atoms with van der Waals surface area (Å²) in [4.78, 5) is 0.929. The molecule has 0 aliphatic rings. The number of thiophene rings is 1. The van der Waals surface area contributed by atoms with Crippen molar-refractivity contribution in [2.45, 2.75) is 0 Å². The first-order valence-electron chi connectivity index (χ1n) is 6.43. The van der Waals surface area contributed by atoms with Gasteiger partial charge >= 0.3 is 0 Å². The second-order valence-electron chi connectivity index (χ2n) is 4.41. The largest absolute Gasteiger partial charge is 0.503 e. The first-order valence-corrected chi connectivity index (χ1v) is 8.09. The molecule has 118 valence electrons. The summed E-state index contributed by atoms with van der Waals surface area (Å²) in [6, 6.07) is 7.15. The van der Waals surface area contributed by atoms with Crippen molar-refractivity contribution in [3.63, 3.8) is 0 Å². The Labute approximate surface area is 145 Å². The van der Waals surface area contributed by atoms with E-state index in [1.165, 1.54) is 29.3 Å². The molecule has 0 aliphatic carbocycles. The number of methoxy groups -OCH3 is 1. The van der Waals surface area contributed by atoms with Gasteiger partial charge in [-0.1, -0.05) is 17.7 Å². The normalized spacial score (nSPS) is 11.2. The van der Waals surface area contributed by atoms with Crippen LogP contribution >= 0.6 is 35.2 Å². The monoisotopic (exact) mass is 366 g/mol. The summed E-state index contributed by atoms with van der Waals surface area (Å²) in [6.07, 6.45) is 1.50. The van der Waals surface area contributed by atoms with Crippen LogP contribution in [0.1, 0.15) is 5.56 Å². The summed E-state index contributed by atoms with van der Waals surface area (Å²) >= 11 is 12.8. The maximum Gasteiger partial charge on any atom is 0.216 e. The van der Waals surface area contributed by atoms with Gasteiger partial charge in [-0.2, -0.15) is 14.9 Å². The van der Waals surface area contributed by atoms with Crippen molar-refractivity contribution >= 4 is 41.4 Å². The lowest BCUT2D eigenvalue weighted by atomic mass is 10.2. The number of phenolic OH excluding ortho intramolecular Hbond substituents is 1. The third-order valence-corrected chi connectivity index (χ3v) is 4.56. The summed E-state index contributed by atoms with van der Waals surface area (Å²) in [7, 11) is 1.46. The highest BCUT2D eigenvalue weighted by molar-refractivity contribution is 7.71. The predicted molar refractivity (Wildman–Crippen MR) is 93.4 cm³/mol. The number of nitrogens with zero attached hydrogens (tertiary/aromatic N) is 3. The Morgan fingerprint density at radius 1 is 1.48 bits per heavy atom. The minimum Gasteiger partial charge on any atom is -0.503 e. The number of phenols is 1. The molecular formula is C14H11ClN4O2S2. The molecule has 2 N–H and O–H groups in total. The Morgan fingerprint density at radius 2 is 2.30 bits per heavy atom. The first kappa shape index (κ1) is 15.7. The zero-order valence-electron chi connectivity index (χ0n) is 11.9. The van der Waals surface area contributed by atoms with Crippen LogP contribution in [0.3, 0.4) is 0 Å². The zero-order chi connectivity index (χ0) is 16.4. The number of halogens is 1. The lowest BCUT2D eigenvalue weighted by Crippen LogP contribution is -1.95. The van der Waals surface area contributed by atoms with Crippen LogP contribution in [-0.4, -0.2) is 33.3 Å². The molecule has 0 saturated carbocycles. The van der Waals surface area contributed by atoms with Crippen molar-refractivity contribution in [3.8, 4) is 22.2 Å². The average Bonchev–Trinajstić information content (AvgIpc) is 3.19. The Morgan fingerprint density at radius 3 is 3.00 bits per heavy atom. The first-order chi connectivity index (χ1) is 11.1. The third-order valence-electron chi connectivity index (χ3n) is 3.03. The number of H-pyrrole nitrogens is 1. The number of hydrogen-bond donors (Lipinski definition) is 2. The van der Waals surface area contributed by atoms with Gasteiger partial charge in [0.15, 0.2) is 17.3 Å². The van der Waals surface area contributed by atoms with Crippen molar-refractivity contribution in [3.05, 3.63) is 45.0 Å². The van der Waals surface area contributed by atoms with Crippen molar-refractivity contribution in [2.24, 2.45) is 5.10 Å². The highest BCUT2D eigenvalue weighted by atomic mass is 35.5. The third kappa shape index (κ3) is 3.00. The number of nitrogens with one attached hydrogen (secondary N) is 1. The van der Waals surface area contributed by atoms with Crippen LogP contribution in [0.15, 0.2) is 34.7 Å². The lowest BCUT2D eigenvalue weighted by molar-refractivity contribution is 0.373. The maximum absolute atomic E-state index is 9.93. The van der Waals surface area contributed by atoms with Crippen molar-refractivity contribution in [2.75, 3.05) is 7.11 Å². The molecule has 3 rings (SSSR count). The van der Waals surface area contributed by atoms with E-state index in [0.29, 0.717) is 21.9 Å². The van der Waals surface area contributed by atoms with Crippen molar-refractivity contribution in [1.82, 2.24) is 14.9 Å². The van der Waals surface area contributed by atoms with E-state index in [1.807, 2.05) is 17.5 Å². The van der Waals surface area contributed by atoms with Crippen LogP contribution < -0.4 is 4.74 Å². The quantitative estimate of drug-likeness (QED) is 0.542. The molecule has 23 heavy (non-hydrogen) atoms. The standard InChI is InChI=1S/C14H11ClN4O2S2/c1-21-9-5-4-8(11(15)12(9)20)7-16-19-13(17-18-14(19)22)10-3-2-6-23-10/h2-7,20H,1H3,(H,18,22)/b16-7-. The molecule has 2 heterocycles. The molecule has 0 unspecified atom stereocenters. The van der Waals surface area contributed by atoms with Crippen LogP contribution in [0, 0.1) is 4.77 Å². The molecule has 2 aromatic heterocycles. The van der Waals surface area contributed by atoms with E-state index in [4.69, 9.17) is 28.6 Å². The fourth-order valence-electron chi connectivity index (χ4n) is 1.91. The number of aromatic hydroxyl groups is 1.